The van der Waals surface area contributed by atoms with Crippen molar-refractivity contribution in [3.8, 4) is 5.69 Å². The number of aliphatic hydroxyl groups excluding tert-OH is 1. The number of halogens is 4. The Hall–Kier alpha value is -2.06. The van der Waals surface area contributed by atoms with Crippen LogP contribution in [0.25, 0.3) is 5.69 Å². The van der Waals surface area contributed by atoms with E-state index in [1.165, 1.54) is 18.3 Å². The molecule has 5 nitrogen and oxygen atoms in total. The second kappa shape index (κ2) is 6.92. The zero-order valence-electron chi connectivity index (χ0n) is 13.7. The van der Waals surface area contributed by atoms with Gasteiger partial charge >= 0.3 is 6.18 Å². The van der Waals surface area contributed by atoms with Crippen LogP contribution in [0.1, 0.15) is 24.8 Å². The molecule has 1 aromatic heterocycles. The predicted molar refractivity (Wildman–Crippen MR) is 91.7 cm³/mol. The van der Waals surface area contributed by atoms with Crippen LogP contribution in [0.4, 0.5) is 18.9 Å². The standard InChI is InChI=1S/C17H17ClF3N3O2/c18-14-13(22-10-16(4-5-16)6-7-25)9-23-24(15(14)26)12-3-1-2-11(8-12)17(19,20)21/h1-3,8-9,22,25H,4-7,10H2. The number of benzene rings is 1. The molecule has 0 radical (unpaired) electrons. The Balaban J connectivity index is 1.85. The highest BCUT2D eigenvalue weighted by atomic mass is 35.5. The van der Waals surface area contributed by atoms with E-state index < -0.39 is 17.3 Å². The van der Waals surface area contributed by atoms with Crippen molar-refractivity contribution in [1.82, 2.24) is 9.78 Å². The number of aromatic nitrogens is 2. The summed E-state index contributed by atoms with van der Waals surface area (Å²) >= 11 is 6.10. The molecule has 0 spiro atoms. The molecule has 0 amide bonds. The minimum absolute atomic E-state index is 0.00792. The number of hydrogen-bond acceptors (Lipinski definition) is 4. The van der Waals surface area contributed by atoms with E-state index in [2.05, 4.69) is 10.4 Å². The summed E-state index contributed by atoms with van der Waals surface area (Å²) in [6.07, 6.45) is -0.582. The van der Waals surface area contributed by atoms with Gasteiger partial charge < -0.3 is 10.4 Å². The maximum Gasteiger partial charge on any atom is 0.416 e. The summed E-state index contributed by atoms with van der Waals surface area (Å²) in [7, 11) is 0. The Morgan fingerprint density at radius 1 is 1.35 bits per heavy atom. The molecular weight excluding hydrogens is 371 g/mol. The zero-order valence-corrected chi connectivity index (χ0v) is 14.4. The van der Waals surface area contributed by atoms with Crippen LogP contribution >= 0.6 is 11.6 Å². The van der Waals surface area contributed by atoms with E-state index in [-0.39, 0.29) is 22.7 Å². The molecule has 0 aliphatic heterocycles. The maximum absolute atomic E-state index is 12.8. The molecule has 2 aromatic rings. The molecule has 9 heteroatoms. The molecule has 1 aliphatic carbocycles. The third kappa shape index (κ3) is 3.86. The van der Waals surface area contributed by atoms with Crippen molar-refractivity contribution < 1.29 is 18.3 Å². The van der Waals surface area contributed by atoms with Gasteiger partial charge in [-0.3, -0.25) is 4.79 Å². The van der Waals surface area contributed by atoms with Crippen molar-refractivity contribution >= 4 is 17.3 Å². The zero-order chi connectivity index (χ0) is 18.9. The SMILES string of the molecule is O=c1c(Cl)c(NCC2(CCO)CC2)cnn1-c1cccc(C(F)(F)F)c1. The highest BCUT2D eigenvalue weighted by molar-refractivity contribution is 6.32. The summed E-state index contributed by atoms with van der Waals surface area (Å²) in [4.78, 5) is 12.4. The van der Waals surface area contributed by atoms with Crippen molar-refractivity contribution in [2.75, 3.05) is 18.5 Å². The van der Waals surface area contributed by atoms with E-state index in [0.717, 1.165) is 29.7 Å². The fourth-order valence-electron chi connectivity index (χ4n) is 2.77. The van der Waals surface area contributed by atoms with Gasteiger partial charge in [-0.2, -0.15) is 23.0 Å². The summed E-state index contributed by atoms with van der Waals surface area (Å²) in [6, 6.07) is 4.33. The Bertz CT molecular complexity index is 863. The largest absolute Gasteiger partial charge is 0.416 e. The second-order valence-electron chi connectivity index (χ2n) is 6.46. The van der Waals surface area contributed by atoms with Gasteiger partial charge in [-0.15, -0.1) is 0 Å². The summed E-state index contributed by atoms with van der Waals surface area (Å²) in [5.41, 5.74) is -1.26. The number of anilines is 1. The number of nitrogens with zero attached hydrogens (tertiary/aromatic N) is 2. The van der Waals surface area contributed by atoms with E-state index in [9.17, 15) is 18.0 Å². The first-order valence-corrected chi connectivity index (χ1v) is 8.44. The van der Waals surface area contributed by atoms with Gasteiger partial charge in [0, 0.05) is 13.2 Å². The average molecular weight is 388 g/mol. The van der Waals surface area contributed by atoms with Crippen LogP contribution in [0.15, 0.2) is 35.3 Å². The summed E-state index contributed by atoms with van der Waals surface area (Å²) in [6.45, 7) is 0.632. The summed E-state index contributed by atoms with van der Waals surface area (Å²) in [5, 5.41) is 15.9. The molecule has 140 valence electrons. The van der Waals surface area contributed by atoms with Gasteiger partial charge in [0.2, 0.25) is 0 Å². The molecular formula is C17H17ClF3N3O2. The van der Waals surface area contributed by atoms with Crippen LogP contribution in [-0.2, 0) is 6.18 Å². The van der Waals surface area contributed by atoms with Crippen LogP contribution in [0.5, 0.6) is 0 Å². The number of nitrogens with one attached hydrogen (secondary N) is 1. The number of hydrogen-bond donors (Lipinski definition) is 2. The fourth-order valence-corrected chi connectivity index (χ4v) is 2.96. The van der Waals surface area contributed by atoms with Crippen LogP contribution in [-0.4, -0.2) is 28.0 Å². The minimum atomic E-state index is -4.52. The molecule has 1 aliphatic rings. The molecule has 0 atom stereocenters. The molecule has 2 N–H and O–H groups in total. The van der Waals surface area contributed by atoms with Crippen molar-refractivity contribution in [2.24, 2.45) is 5.41 Å². The molecule has 26 heavy (non-hydrogen) atoms. The molecule has 1 fully saturated rings. The number of alkyl halides is 3. The molecule has 0 bridgehead atoms. The van der Waals surface area contributed by atoms with Crippen LogP contribution in [0.3, 0.4) is 0 Å². The van der Waals surface area contributed by atoms with Gasteiger partial charge in [-0.25, -0.2) is 0 Å². The topological polar surface area (TPSA) is 67.2 Å². The molecule has 0 saturated heterocycles. The molecule has 0 unspecified atom stereocenters. The van der Waals surface area contributed by atoms with Gasteiger partial charge in [0.15, 0.2) is 0 Å². The lowest BCUT2D eigenvalue weighted by Gasteiger charge is -2.16. The highest BCUT2D eigenvalue weighted by Gasteiger charge is 2.41. The van der Waals surface area contributed by atoms with Gasteiger partial charge in [0.25, 0.3) is 5.56 Å². The quantitative estimate of drug-likeness (QED) is 0.796. The maximum atomic E-state index is 12.8. The molecule has 1 heterocycles. The molecule has 1 saturated carbocycles. The van der Waals surface area contributed by atoms with E-state index in [1.54, 1.807) is 0 Å². The molecule has 3 rings (SSSR count). The third-order valence-corrected chi connectivity index (χ3v) is 4.96. The predicted octanol–water partition coefficient (Wildman–Crippen LogP) is 3.48. The lowest BCUT2D eigenvalue weighted by atomic mass is 10.0. The van der Waals surface area contributed by atoms with Crippen molar-refractivity contribution in [1.29, 1.82) is 0 Å². The normalized spacial score (nSPS) is 15.7. The van der Waals surface area contributed by atoms with Gasteiger partial charge in [-0.05, 0) is 42.9 Å². The Kier molecular flexibility index (Phi) is 4.98. The van der Waals surface area contributed by atoms with Gasteiger partial charge in [-0.1, -0.05) is 17.7 Å². The fraction of sp³-hybridized carbons (Fsp3) is 0.412. The Labute approximate surface area is 152 Å². The third-order valence-electron chi connectivity index (χ3n) is 4.59. The van der Waals surface area contributed by atoms with Crippen LogP contribution in [0, 0.1) is 5.41 Å². The monoisotopic (exact) mass is 387 g/mol. The first-order chi connectivity index (χ1) is 12.3. The lowest BCUT2D eigenvalue weighted by molar-refractivity contribution is -0.137. The number of aliphatic hydroxyl groups is 1. The first kappa shape index (κ1) is 18.7. The van der Waals surface area contributed by atoms with Gasteiger partial charge in [0.1, 0.15) is 5.02 Å². The van der Waals surface area contributed by atoms with Crippen molar-refractivity contribution in [3.05, 3.63) is 51.4 Å². The Morgan fingerprint density at radius 3 is 2.69 bits per heavy atom. The van der Waals surface area contributed by atoms with Crippen molar-refractivity contribution in [3.63, 3.8) is 0 Å². The Morgan fingerprint density at radius 2 is 2.08 bits per heavy atom. The highest BCUT2D eigenvalue weighted by Crippen LogP contribution is 2.48. The lowest BCUT2D eigenvalue weighted by Crippen LogP contribution is -2.24. The smallest absolute Gasteiger partial charge is 0.396 e. The average Bonchev–Trinajstić information content (AvgIpc) is 3.36. The summed E-state index contributed by atoms with van der Waals surface area (Å²) in [5.74, 6) is 0. The van der Waals surface area contributed by atoms with E-state index in [4.69, 9.17) is 16.7 Å². The summed E-state index contributed by atoms with van der Waals surface area (Å²) < 4.78 is 39.4. The van der Waals surface area contributed by atoms with Crippen LogP contribution < -0.4 is 10.9 Å². The first-order valence-electron chi connectivity index (χ1n) is 8.06. The minimum Gasteiger partial charge on any atom is -0.396 e. The van der Waals surface area contributed by atoms with E-state index >= 15 is 0 Å². The second-order valence-corrected chi connectivity index (χ2v) is 6.84. The van der Waals surface area contributed by atoms with Gasteiger partial charge in [0.05, 0.1) is 23.1 Å². The molecule has 1 aromatic carbocycles. The number of rotatable bonds is 6. The van der Waals surface area contributed by atoms with Crippen LogP contribution in [0.2, 0.25) is 5.02 Å². The van der Waals surface area contributed by atoms with E-state index in [0.29, 0.717) is 18.7 Å². The van der Waals surface area contributed by atoms with Crippen molar-refractivity contribution in [2.45, 2.75) is 25.4 Å². The van der Waals surface area contributed by atoms with E-state index in [1.807, 2.05) is 0 Å².